The van der Waals surface area contributed by atoms with Crippen LogP contribution >= 0.6 is 15.9 Å². The number of rotatable bonds is 3. The molecule has 0 radical (unpaired) electrons. The molecule has 5 heteroatoms. The van der Waals surface area contributed by atoms with Crippen molar-refractivity contribution in [2.24, 2.45) is 5.73 Å². The summed E-state index contributed by atoms with van der Waals surface area (Å²) >= 11 is 3.37. The molecule has 1 aromatic carbocycles. The molecule has 1 heterocycles. The van der Waals surface area contributed by atoms with Crippen LogP contribution in [-0.2, 0) is 9.53 Å². The van der Waals surface area contributed by atoms with Crippen molar-refractivity contribution in [2.45, 2.75) is 25.5 Å². The Kier molecular flexibility index (Phi) is 3.69. The van der Waals surface area contributed by atoms with Gasteiger partial charge in [0.1, 0.15) is 5.75 Å². The fourth-order valence-electron chi connectivity index (χ4n) is 1.72. The standard InChI is InChI=1S/C12H14BrNO3/c1-7(14)9-3-2-8(13)6-11(9)17-10-4-5-16-12(10)15/h2-3,6-7,10H,4-5,14H2,1H3/t7-,10?/m1/s1. The average molecular weight is 300 g/mol. The summed E-state index contributed by atoms with van der Waals surface area (Å²) in [6.45, 7) is 2.30. The molecule has 0 spiro atoms. The molecule has 17 heavy (non-hydrogen) atoms. The van der Waals surface area contributed by atoms with Crippen LogP contribution in [0.3, 0.4) is 0 Å². The number of hydrogen-bond acceptors (Lipinski definition) is 4. The molecule has 1 aromatic rings. The van der Waals surface area contributed by atoms with Crippen LogP contribution in [0.25, 0.3) is 0 Å². The number of cyclic esters (lactones) is 1. The number of halogens is 1. The summed E-state index contributed by atoms with van der Waals surface area (Å²) in [5, 5.41) is 0. The van der Waals surface area contributed by atoms with Crippen molar-refractivity contribution in [3.8, 4) is 5.75 Å². The van der Waals surface area contributed by atoms with Crippen LogP contribution in [0.1, 0.15) is 24.9 Å². The average Bonchev–Trinajstić information content (AvgIpc) is 2.64. The van der Waals surface area contributed by atoms with E-state index in [2.05, 4.69) is 15.9 Å². The number of nitrogens with two attached hydrogens (primary N) is 1. The third-order valence-corrected chi connectivity index (χ3v) is 3.12. The zero-order valence-corrected chi connectivity index (χ0v) is 11.1. The first-order chi connectivity index (χ1) is 8.08. The van der Waals surface area contributed by atoms with Crippen LogP contribution in [0.4, 0.5) is 0 Å². The van der Waals surface area contributed by atoms with Gasteiger partial charge in [-0.3, -0.25) is 0 Å². The molecule has 1 fully saturated rings. The van der Waals surface area contributed by atoms with Crippen LogP contribution in [-0.4, -0.2) is 18.7 Å². The molecule has 0 amide bonds. The van der Waals surface area contributed by atoms with Crippen molar-refractivity contribution in [2.75, 3.05) is 6.61 Å². The van der Waals surface area contributed by atoms with Crippen LogP contribution in [0.15, 0.2) is 22.7 Å². The van der Waals surface area contributed by atoms with E-state index in [0.717, 1.165) is 10.0 Å². The number of benzene rings is 1. The number of carbonyl (C=O) groups is 1. The molecule has 0 saturated carbocycles. The maximum Gasteiger partial charge on any atom is 0.347 e. The number of ether oxygens (including phenoxy) is 2. The minimum atomic E-state index is -0.512. The van der Waals surface area contributed by atoms with Gasteiger partial charge in [0.15, 0.2) is 6.10 Å². The van der Waals surface area contributed by atoms with Gasteiger partial charge < -0.3 is 15.2 Å². The Balaban J connectivity index is 2.24. The molecule has 2 N–H and O–H groups in total. The first-order valence-electron chi connectivity index (χ1n) is 5.46. The highest BCUT2D eigenvalue weighted by molar-refractivity contribution is 9.10. The summed E-state index contributed by atoms with van der Waals surface area (Å²) in [5.74, 6) is 0.332. The number of hydrogen-bond donors (Lipinski definition) is 1. The van der Waals surface area contributed by atoms with Gasteiger partial charge in [0.2, 0.25) is 0 Å². The first kappa shape index (κ1) is 12.4. The van der Waals surface area contributed by atoms with Crippen molar-refractivity contribution < 1.29 is 14.3 Å². The van der Waals surface area contributed by atoms with Gasteiger partial charge in [0, 0.05) is 22.5 Å². The van der Waals surface area contributed by atoms with Crippen LogP contribution in [0.5, 0.6) is 5.75 Å². The van der Waals surface area contributed by atoms with Crippen molar-refractivity contribution in [3.63, 3.8) is 0 Å². The predicted octanol–water partition coefficient (Wildman–Crippen LogP) is 2.16. The van der Waals surface area contributed by atoms with Gasteiger partial charge in [-0.2, -0.15) is 0 Å². The third kappa shape index (κ3) is 2.79. The van der Waals surface area contributed by atoms with E-state index in [1.165, 1.54) is 0 Å². The van der Waals surface area contributed by atoms with Crippen molar-refractivity contribution in [3.05, 3.63) is 28.2 Å². The maximum atomic E-state index is 11.4. The third-order valence-electron chi connectivity index (χ3n) is 2.62. The molecule has 0 aliphatic carbocycles. The molecular weight excluding hydrogens is 286 g/mol. The Morgan fingerprint density at radius 2 is 2.35 bits per heavy atom. The van der Waals surface area contributed by atoms with Crippen molar-refractivity contribution in [1.82, 2.24) is 0 Å². The topological polar surface area (TPSA) is 61.6 Å². The van der Waals surface area contributed by atoms with E-state index in [1.54, 1.807) is 0 Å². The highest BCUT2D eigenvalue weighted by atomic mass is 79.9. The lowest BCUT2D eigenvalue weighted by molar-refractivity contribution is -0.143. The number of carbonyl (C=O) groups excluding carboxylic acids is 1. The second kappa shape index (κ2) is 5.06. The van der Waals surface area contributed by atoms with Gasteiger partial charge in [0.25, 0.3) is 0 Å². The number of esters is 1. The summed E-state index contributed by atoms with van der Waals surface area (Å²) in [5.41, 5.74) is 6.74. The van der Waals surface area contributed by atoms with Gasteiger partial charge >= 0.3 is 5.97 Å². The molecule has 1 saturated heterocycles. The molecule has 1 aliphatic heterocycles. The Bertz CT molecular complexity index is 434. The molecule has 1 unspecified atom stereocenters. The van der Waals surface area contributed by atoms with E-state index in [0.29, 0.717) is 18.8 Å². The molecule has 2 atom stereocenters. The molecular formula is C12H14BrNO3. The monoisotopic (exact) mass is 299 g/mol. The Hall–Kier alpha value is -1.07. The Labute approximate surface area is 108 Å². The molecule has 1 aliphatic rings. The molecule has 92 valence electrons. The molecule has 2 rings (SSSR count). The van der Waals surface area contributed by atoms with E-state index in [-0.39, 0.29) is 12.0 Å². The van der Waals surface area contributed by atoms with E-state index in [1.807, 2.05) is 25.1 Å². The van der Waals surface area contributed by atoms with Crippen LogP contribution in [0, 0.1) is 0 Å². The summed E-state index contributed by atoms with van der Waals surface area (Å²) in [4.78, 5) is 11.4. The minimum absolute atomic E-state index is 0.143. The second-order valence-electron chi connectivity index (χ2n) is 4.03. The normalized spacial score (nSPS) is 21.1. The lowest BCUT2D eigenvalue weighted by Gasteiger charge is -2.16. The predicted molar refractivity (Wildman–Crippen MR) is 66.7 cm³/mol. The Morgan fingerprint density at radius 3 is 2.94 bits per heavy atom. The molecule has 4 nitrogen and oxygen atoms in total. The van der Waals surface area contributed by atoms with Gasteiger partial charge in [-0.1, -0.05) is 22.0 Å². The summed E-state index contributed by atoms with van der Waals surface area (Å²) in [7, 11) is 0. The van der Waals surface area contributed by atoms with Gasteiger partial charge in [-0.15, -0.1) is 0 Å². The van der Waals surface area contributed by atoms with Crippen molar-refractivity contribution in [1.29, 1.82) is 0 Å². The second-order valence-corrected chi connectivity index (χ2v) is 4.95. The lowest BCUT2D eigenvalue weighted by atomic mass is 10.1. The summed E-state index contributed by atoms with van der Waals surface area (Å²) < 4.78 is 11.4. The Morgan fingerprint density at radius 1 is 1.59 bits per heavy atom. The largest absolute Gasteiger partial charge is 0.478 e. The minimum Gasteiger partial charge on any atom is -0.478 e. The van der Waals surface area contributed by atoms with E-state index >= 15 is 0 Å². The fourth-order valence-corrected chi connectivity index (χ4v) is 2.06. The summed E-state index contributed by atoms with van der Waals surface area (Å²) in [6.07, 6.45) is 0.0748. The highest BCUT2D eigenvalue weighted by Gasteiger charge is 2.29. The quantitative estimate of drug-likeness (QED) is 0.869. The van der Waals surface area contributed by atoms with Crippen molar-refractivity contribution >= 4 is 21.9 Å². The molecule has 0 aromatic heterocycles. The van der Waals surface area contributed by atoms with Gasteiger partial charge in [0.05, 0.1) is 6.61 Å². The summed E-state index contributed by atoms with van der Waals surface area (Å²) in [6, 6.07) is 5.48. The smallest absolute Gasteiger partial charge is 0.347 e. The molecule has 0 bridgehead atoms. The van der Waals surface area contributed by atoms with Crippen LogP contribution < -0.4 is 10.5 Å². The maximum absolute atomic E-state index is 11.4. The zero-order valence-electron chi connectivity index (χ0n) is 9.48. The zero-order chi connectivity index (χ0) is 12.4. The highest BCUT2D eigenvalue weighted by Crippen LogP contribution is 2.29. The SMILES string of the molecule is C[C@@H](N)c1ccc(Br)cc1OC1CCOC1=O. The van der Waals surface area contributed by atoms with E-state index in [4.69, 9.17) is 15.2 Å². The van der Waals surface area contributed by atoms with Crippen LogP contribution in [0.2, 0.25) is 0 Å². The lowest BCUT2D eigenvalue weighted by Crippen LogP contribution is -2.23. The van der Waals surface area contributed by atoms with E-state index in [9.17, 15) is 4.79 Å². The fraction of sp³-hybridized carbons (Fsp3) is 0.417. The van der Waals surface area contributed by atoms with E-state index < -0.39 is 6.10 Å². The first-order valence-corrected chi connectivity index (χ1v) is 6.25. The van der Waals surface area contributed by atoms with Gasteiger partial charge in [-0.05, 0) is 19.1 Å². The van der Waals surface area contributed by atoms with Gasteiger partial charge in [-0.25, -0.2) is 4.79 Å².